The van der Waals surface area contributed by atoms with Crippen LogP contribution in [0, 0.1) is 5.82 Å². The molecule has 7 heteroatoms. The van der Waals surface area contributed by atoms with E-state index >= 15 is 0 Å². The molecule has 1 heterocycles. The average Bonchev–Trinajstić information content (AvgIpc) is 2.47. The van der Waals surface area contributed by atoms with Crippen LogP contribution in [0.25, 0.3) is 0 Å². The van der Waals surface area contributed by atoms with Gasteiger partial charge >= 0.3 is 0 Å². The molecule has 0 bridgehead atoms. The van der Waals surface area contributed by atoms with Crippen molar-refractivity contribution in [2.45, 2.75) is 6.54 Å². The fourth-order valence-corrected chi connectivity index (χ4v) is 3.64. The zero-order valence-electron chi connectivity index (χ0n) is 11.0. The predicted molar refractivity (Wildman–Crippen MR) is 77.7 cm³/mol. The van der Waals surface area contributed by atoms with Crippen molar-refractivity contribution >= 4 is 19.5 Å². The number of amides is 1. The monoisotopic (exact) mass is 305 g/mol. The van der Waals surface area contributed by atoms with Crippen LogP contribution in [0.1, 0.15) is 15.9 Å². The topological polar surface area (TPSA) is 76.2 Å². The lowest BCUT2D eigenvalue weighted by atomic mass is 10.2. The van der Waals surface area contributed by atoms with Crippen LogP contribution in [0.15, 0.2) is 48.5 Å². The molecule has 3 N–H and O–H groups in total. The fourth-order valence-electron chi connectivity index (χ4n) is 2.07. The summed E-state index contributed by atoms with van der Waals surface area (Å²) in [6.45, 7) is 0.393. The van der Waals surface area contributed by atoms with Crippen molar-refractivity contribution in [2.75, 3.05) is 5.09 Å². The molecular weight excluding hydrogens is 292 g/mol. The Kier molecular flexibility index (Phi) is 3.59. The highest BCUT2D eigenvalue weighted by Gasteiger charge is 2.33. The molecule has 21 heavy (non-hydrogen) atoms. The maximum absolute atomic E-state index is 12.8. The van der Waals surface area contributed by atoms with Crippen LogP contribution >= 0.6 is 7.94 Å². The van der Waals surface area contributed by atoms with E-state index in [1.54, 1.807) is 6.07 Å². The van der Waals surface area contributed by atoms with E-state index in [9.17, 15) is 14.1 Å². The van der Waals surface area contributed by atoms with Crippen molar-refractivity contribution in [3.8, 4) is 0 Å². The third-order valence-corrected chi connectivity index (χ3v) is 4.83. The van der Waals surface area contributed by atoms with Gasteiger partial charge in [0.15, 0.2) is 0 Å². The summed E-state index contributed by atoms with van der Waals surface area (Å²) < 4.78 is 12.8. The van der Waals surface area contributed by atoms with Gasteiger partial charge in [0.25, 0.3) is 5.91 Å². The Morgan fingerprint density at radius 3 is 2.67 bits per heavy atom. The first kappa shape index (κ1) is 13.9. The Balaban J connectivity index is 1.75. The molecule has 2 aromatic rings. The van der Waals surface area contributed by atoms with Gasteiger partial charge in [-0.3, -0.25) is 4.79 Å². The van der Waals surface area contributed by atoms with Gasteiger partial charge in [-0.15, -0.1) is 0 Å². The summed E-state index contributed by atoms with van der Waals surface area (Å²) in [6, 6.07) is 12.5. The molecule has 0 aliphatic carbocycles. The molecule has 2 aromatic carbocycles. The number of benzene rings is 2. The van der Waals surface area contributed by atoms with E-state index in [-0.39, 0.29) is 5.56 Å². The molecule has 0 saturated carbocycles. The lowest BCUT2D eigenvalue weighted by Crippen LogP contribution is -2.45. The molecule has 0 saturated heterocycles. The molecule has 1 aliphatic heterocycles. The van der Waals surface area contributed by atoms with Crippen molar-refractivity contribution in [2.24, 2.45) is 0 Å². The summed E-state index contributed by atoms with van der Waals surface area (Å²) in [5.41, 5.74) is 1.94. The van der Waals surface area contributed by atoms with Crippen molar-refractivity contribution in [3.05, 3.63) is 65.5 Å². The first-order valence-electron chi connectivity index (χ1n) is 6.35. The number of rotatable bonds is 2. The van der Waals surface area contributed by atoms with E-state index in [1.165, 1.54) is 24.3 Å². The lowest BCUT2D eigenvalue weighted by Gasteiger charge is -2.35. The van der Waals surface area contributed by atoms with E-state index in [2.05, 4.69) is 15.3 Å². The van der Waals surface area contributed by atoms with Gasteiger partial charge in [0.05, 0.1) is 12.2 Å². The number of carbonyl (C=O) groups excluding carboxylic acids is 1. The minimum atomic E-state index is -3.27. The van der Waals surface area contributed by atoms with E-state index in [0.29, 0.717) is 6.54 Å². The van der Waals surface area contributed by atoms with Crippen LogP contribution in [-0.2, 0) is 6.54 Å². The van der Waals surface area contributed by atoms with Gasteiger partial charge in [0, 0.05) is 5.56 Å². The summed E-state index contributed by atoms with van der Waals surface area (Å²) in [4.78, 5) is 24.7. The molecule has 5 nitrogen and oxygen atoms in total. The SMILES string of the molecule is O=C(N[P+]1([O-])NCc2ccccc2N1)c1ccc(F)cc1. The van der Waals surface area contributed by atoms with Gasteiger partial charge in [0.2, 0.25) is 7.94 Å². The summed E-state index contributed by atoms with van der Waals surface area (Å²) in [5, 5.41) is 8.07. The quantitative estimate of drug-likeness (QED) is 0.740. The zero-order valence-corrected chi connectivity index (χ0v) is 11.9. The summed E-state index contributed by atoms with van der Waals surface area (Å²) in [6.07, 6.45) is 0. The Morgan fingerprint density at radius 2 is 1.90 bits per heavy atom. The van der Waals surface area contributed by atoms with Crippen LogP contribution in [0.3, 0.4) is 0 Å². The van der Waals surface area contributed by atoms with E-state index < -0.39 is 19.7 Å². The number of hydrogen-bond donors (Lipinski definition) is 3. The summed E-state index contributed by atoms with van der Waals surface area (Å²) in [7, 11) is -3.27. The molecule has 3 rings (SSSR count). The number of nitrogens with one attached hydrogen (secondary N) is 3. The third-order valence-electron chi connectivity index (χ3n) is 3.15. The number of anilines is 1. The first-order chi connectivity index (χ1) is 10.1. The second kappa shape index (κ2) is 5.41. The van der Waals surface area contributed by atoms with Crippen molar-refractivity contribution in [1.29, 1.82) is 0 Å². The van der Waals surface area contributed by atoms with E-state index in [0.717, 1.165) is 11.3 Å². The van der Waals surface area contributed by atoms with Gasteiger partial charge in [-0.05, 0) is 35.9 Å². The lowest BCUT2D eigenvalue weighted by molar-refractivity contribution is -0.174. The van der Waals surface area contributed by atoms with Gasteiger partial charge in [-0.25, -0.2) is 9.48 Å². The molecule has 108 valence electrons. The second-order valence-corrected chi connectivity index (χ2v) is 6.64. The molecule has 1 atom stereocenters. The highest BCUT2D eigenvalue weighted by atomic mass is 31.2. The standard InChI is InChI=1S/C14H13FN3O2P/c15-12-7-5-10(6-8-12)14(19)18-21(20)16-9-11-3-1-2-4-13(11)17-21/h1-8H,9H2,(H3,16,17,18,19,20). The van der Waals surface area contributed by atoms with E-state index in [1.807, 2.05) is 18.2 Å². The first-order valence-corrected chi connectivity index (χ1v) is 8.06. The zero-order chi connectivity index (χ0) is 14.9. The number of halogens is 1. The highest BCUT2D eigenvalue weighted by molar-refractivity contribution is 7.67. The maximum atomic E-state index is 12.8. The van der Waals surface area contributed by atoms with E-state index in [4.69, 9.17) is 0 Å². The average molecular weight is 305 g/mol. The van der Waals surface area contributed by atoms with Crippen LogP contribution in [0.2, 0.25) is 0 Å². The highest BCUT2D eigenvalue weighted by Crippen LogP contribution is 2.45. The molecule has 1 amide bonds. The number of para-hydroxylation sites is 1. The fraction of sp³-hybridized carbons (Fsp3) is 0.0714. The Hall–Kier alpha value is -2.01. The molecule has 0 fully saturated rings. The predicted octanol–water partition coefficient (Wildman–Crippen LogP) is 1.81. The van der Waals surface area contributed by atoms with Gasteiger partial charge in [-0.1, -0.05) is 18.2 Å². The molecule has 1 aliphatic rings. The Labute approximate surface area is 121 Å². The van der Waals surface area contributed by atoms with Crippen LogP contribution < -0.4 is 20.2 Å². The molecule has 0 radical (unpaired) electrons. The molecule has 0 aromatic heterocycles. The minimum absolute atomic E-state index is 0.245. The molecule has 0 spiro atoms. The van der Waals surface area contributed by atoms with Gasteiger partial charge in [0.1, 0.15) is 5.82 Å². The largest absolute Gasteiger partial charge is 0.628 e. The third kappa shape index (κ3) is 3.03. The number of carbonyl (C=O) groups is 1. The molecular formula is C14H13FN3O2P. The number of fused-ring (bicyclic) bond motifs is 1. The van der Waals surface area contributed by atoms with Crippen LogP contribution in [0.4, 0.5) is 10.1 Å². The van der Waals surface area contributed by atoms with Crippen molar-refractivity contribution in [1.82, 2.24) is 10.2 Å². The normalized spacial score (nSPS) is 20.3. The van der Waals surface area contributed by atoms with Gasteiger partial charge in [-0.2, -0.15) is 10.2 Å². The smallest absolute Gasteiger partial charge is 0.285 e. The second-order valence-electron chi connectivity index (χ2n) is 4.66. The van der Waals surface area contributed by atoms with Crippen molar-refractivity contribution in [3.63, 3.8) is 0 Å². The summed E-state index contributed by atoms with van der Waals surface area (Å²) >= 11 is 0. The Morgan fingerprint density at radius 1 is 1.19 bits per heavy atom. The molecule has 1 unspecified atom stereocenters. The van der Waals surface area contributed by atoms with Crippen LogP contribution in [0.5, 0.6) is 0 Å². The number of hydrogen-bond acceptors (Lipinski definition) is 4. The summed E-state index contributed by atoms with van der Waals surface area (Å²) in [5.74, 6) is -0.959. The van der Waals surface area contributed by atoms with Crippen molar-refractivity contribution < 1.29 is 14.1 Å². The maximum Gasteiger partial charge on any atom is 0.285 e. The Bertz CT molecular complexity index is 680. The van der Waals surface area contributed by atoms with Crippen LogP contribution in [-0.4, -0.2) is 5.91 Å². The van der Waals surface area contributed by atoms with Gasteiger partial charge < -0.3 is 4.89 Å². The minimum Gasteiger partial charge on any atom is -0.628 e.